The fourth-order valence-corrected chi connectivity index (χ4v) is 3.58. The largest absolute Gasteiger partial charge is 0.357 e. The number of nitrogens with zero attached hydrogens (tertiary/aromatic N) is 2. The number of guanidine groups is 1. The van der Waals surface area contributed by atoms with Crippen LogP contribution in [-0.4, -0.2) is 42.6 Å². The van der Waals surface area contributed by atoms with E-state index in [9.17, 15) is 0 Å². The van der Waals surface area contributed by atoms with Gasteiger partial charge >= 0.3 is 0 Å². The molecule has 6 heteroatoms. The zero-order valence-corrected chi connectivity index (χ0v) is 18.8. The van der Waals surface area contributed by atoms with E-state index in [4.69, 9.17) is 4.99 Å². The normalized spacial score (nSPS) is 17.8. The molecule has 0 fully saturated rings. The average molecular weight is 464 g/mol. The van der Waals surface area contributed by atoms with Crippen LogP contribution in [0.5, 0.6) is 0 Å². The molecule has 1 aromatic rings. The summed E-state index contributed by atoms with van der Waals surface area (Å²) in [5.74, 6) is 1.53. The maximum Gasteiger partial charge on any atom is 0.191 e. The van der Waals surface area contributed by atoms with Gasteiger partial charge in [0.15, 0.2) is 5.96 Å². The Morgan fingerprint density at radius 3 is 2.75 bits per heavy atom. The minimum atomic E-state index is 0. The third-order valence-electron chi connectivity index (χ3n) is 4.68. The maximum absolute atomic E-state index is 4.81. The lowest BCUT2D eigenvalue weighted by atomic mass is 10.1. The van der Waals surface area contributed by atoms with E-state index in [0.29, 0.717) is 18.0 Å². The van der Waals surface area contributed by atoms with Crippen molar-refractivity contribution in [3.8, 4) is 0 Å². The molecular formula is C18H33IN4S. The van der Waals surface area contributed by atoms with Gasteiger partial charge in [-0.15, -0.1) is 35.3 Å². The molecule has 0 spiro atoms. The topological polar surface area (TPSA) is 39.7 Å². The minimum absolute atomic E-state index is 0. The number of rotatable bonds is 6. The lowest BCUT2D eigenvalue weighted by Crippen LogP contribution is -2.45. The van der Waals surface area contributed by atoms with E-state index in [1.807, 2.05) is 11.3 Å². The van der Waals surface area contributed by atoms with Gasteiger partial charge in [0, 0.05) is 36.6 Å². The number of aliphatic imine (C=N–C) groups is 1. The molecule has 0 bridgehead atoms. The van der Waals surface area contributed by atoms with Crippen molar-refractivity contribution in [3.63, 3.8) is 0 Å². The van der Waals surface area contributed by atoms with Crippen LogP contribution in [0.4, 0.5) is 0 Å². The second-order valence-corrected chi connectivity index (χ2v) is 7.84. The smallest absolute Gasteiger partial charge is 0.191 e. The lowest BCUT2D eigenvalue weighted by Gasteiger charge is -2.31. The first-order chi connectivity index (χ1) is 11.0. The highest BCUT2D eigenvalue weighted by Crippen LogP contribution is 2.25. The van der Waals surface area contributed by atoms with Gasteiger partial charge in [0.25, 0.3) is 0 Å². The van der Waals surface area contributed by atoms with Crippen LogP contribution in [0, 0.1) is 5.92 Å². The molecule has 24 heavy (non-hydrogen) atoms. The summed E-state index contributed by atoms with van der Waals surface area (Å²) in [4.78, 5) is 8.93. The third-order valence-corrected chi connectivity index (χ3v) is 5.71. The van der Waals surface area contributed by atoms with Gasteiger partial charge < -0.3 is 10.6 Å². The van der Waals surface area contributed by atoms with E-state index < -0.39 is 0 Å². The van der Waals surface area contributed by atoms with Crippen molar-refractivity contribution in [1.82, 2.24) is 15.5 Å². The van der Waals surface area contributed by atoms with E-state index in [0.717, 1.165) is 32.1 Å². The van der Waals surface area contributed by atoms with Crippen LogP contribution >= 0.6 is 35.3 Å². The van der Waals surface area contributed by atoms with E-state index in [2.05, 4.69) is 61.6 Å². The SMILES string of the molecule is CCNC(=NCC(C)N1CCc2sccc2C1)NC(C)C(C)C.I. The molecule has 1 aliphatic rings. The number of nitrogens with one attached hydrogen (secondary N) is 2. The van der Waals surface area contributed by atoms with Gasteiger partial charge in [-0.05, 0) is 50.1 Å². The highest BCUT2D eigenvalue weighted by atomic mass is 127. The molecule has 2 N–H and O–H groups in total. The molecule has 1 aliphatic heterocycles. The Bertz CT molecular complexity index is 515. The molecule has 138 valence electrons. The summed E-state index contributed by atoms with van der Waals surface area (Å²) in [6.45, 7) is 15.0. The van der Waals surface area contributed by atoms with E-state index in [1.54, 1.807) is 4.88 Å². The first kappa shape index (κ1) is 21.7. The van der Waals surface area contributed by atoms with Gasteiger partial charge in [-0.2, -0.15) is 0 Å². The molecule has 2 rings (SSSR count). The zero-order chi connectivity index (χ0) is 16.8. The highest BCUT2D eigenvalue weighted by Gasteiger charge is 2.21. The Morgan fingerprint density at radius 2 is 2.08 bits per heavy atom. The molecule has 0 amide bonds. The molecule has 2 atom stereocenters. The maximum atomic E-state index is 4.81. The first-order valence-electron chi connectivity index (χ1n) is 8.85. The van der Waals surface area contributed by atoms with E-state index in [-0.39, 0.29) is 24.0 Å². The van der Waals surface area contributed by atoms with Gasteiger partial charge in [-0.25, -0.2) is 0 Å². The zero-order valence-electron chi connectivity index (χ0n) is 15.6. The quantitative estimate of drug-likeness (QED) is 0.383. The highest BCUT2D eigenvalue weighted by molar-refractivity contribution is 14.0. The van der Waals surface area contributed by atoms with Crippen LogP contribution in [-0.2, 0) is 13.0 Å². The predicted molar refractivity (Wildman–Crippen MR) is 117 cm³/mol. The average Bonchev–Trinajstić information content (AvgIpc) is 2.99. The summed E-state index contributed by atoms with van der Waals surface area (Å²) in [6, 6.07) is 3.16. The standard InChI is InChI=1S/C18H32N4S.HI/c1-6-19-18(21-15(5)13(2)3)20-11-14(4)22-9-7-17-16(12-22)8-10-23-17;/h8,10,13-15H,6-7,9,11-12H2,1-5H3,(H2,19,20,21);1H. The van der Waals surface area contributed by atoms with Crippen molar-refractivity contribution in [2.75, 3.05) is 19.6 Å². The Morgan fingerprint density at radius 1 is 1.33 bits per heavy atom. The molecule has 0 aliphatic carbocycles. The second kappa shape index (κ2) is 10.6. The number of halogens is 1. The van der Waals surface area contributed by atoms with Crippen molar-refractivity contribution < 1.29 is 0 Å². The predicted octanol–water partition coefficient (Wildman–Crippen LogP) is 3.71. The Hall–Kier alpha value is -0.340. The summed E-state index contributed by atoms with van der Waals surface area (Å²) in [5.41, 5.74) is 1.51. The van der Waals surface area contributed by atoms with Gasteiger partial charge in [-0.3, -0.25) is 9.89 Å². The van der Waals surface area contributed by atoms with Crippen LogP contribution in [0.3, 0.4) is 0 Å². The Kier molecular flexibility index (Phi) is 9.59. The van der Waals surface area contributed by atoms with Crippen LogP contribution < -0.4 is 10.6 Å². The lowest BCUT2D eigenvalue weighted by molar-refractivity contribution is 0.197. The van der Waals surface area contributed by atoms with Gasteiger partial charge in [0.2, 0.25) is 0 Å². The fraction of sp³-hybridized carbons (Fsp3) is 0.722. The molecule has 2 unspecified atom stereocenters. The Balaban J connectivity index is 0.00000288. The summed E-state index contributed by atoms with van der Waals surface area (Å²) < 4.78 is 0. The molecular weight excluding hydrogens is 431 g/mol. The number of hydrogen-bond donors (Lipinski definition) is 2. The summed E-state index contributed by atoms with van der Waals surface area (Å²) in [6.07, 6.45) is 1.18. The van der Waals surface area contributed by atoms with Crippen LogP contribution in [0.2, 0.25) is 0 Å². The van der Waals surface area contributed by atoms with Crippen molar-refractivity contribution >= 4 is 41.3 Å². The van der Waals surface area contributed by atoms with Gasteiger partial charge in [-0.1, -0.05) is 13.8 Å². The molecule has 0 radical (unpaired) electrons. The molecule has 0 saturated heterocycles. The molecule has 0 saturated carbocycles. The summed E-state index contributed by atoms with van der Waals surface area (Å²) >= 11 is 1.90. The van der Waals surface area contributed by atoms with Crippen molar-refractivity contribution in [1.29, 1.82) is 0 Å². The fourth-order valence-electron chi connectivity index (χ4n) is 2.69. The number of thiophene rings is 1. The number of hydrogen-bond acceptors (Lipinski definition) is 3. The summed E-state index contributed by atoms with van der Waals surface area (Å²) in [5, 5.41) is 9.09. The van der Waals surface area contributed by atoms with Gasteiger partial charge in [0.1, 0.15) is 0 Å². The third kappa shape index (κ3) is 6.19. The summed E-state index contributed by atoms with van der Waals surface area (Å²) in [7, 11) is 0. The van der Waals surface area contributed by atoms with E-state index in [1.165, 1.54) is 12.0 Å². The number of fused-ring (bicyclic) bond motifs is 1. The van der Waals surface area contributed by atoms with Gasteiger partial charge in [0.05, 0.1) is 6.54 Å². The molecule has 0 aromatic carbocycles. The molecule has 4 nitrogen and oxygen atoms in total. The van der Waals surface area contributed by atoms with Crippen molar-refractivity contribution in [3.05, 3.63) is 21.9 Å². The van der Waals surface area contributed by atoms with Crippen LogP contribution in [0.25, 0.3) is 0 Å². The molecule has 2 heterocycles. The molecule has 1 aromatic heterocycles. The minimum Gasteiger partial charge on any atom is -0.357 e. The van der Waals surface area contributed by atoms with Crippen molar-refractivity contribution in [2.24, 2.45) is 10.9 Å². The van der Waals surface area contributed by atoms with E-state index >= 15 is 0 Å². The van der Waals surface area contributed by atoms with Crippen LogP contribution in [0.1, 0.15) is 45.1 Å². The van der Waals surface area contributed by atoms with Crippen LogP contribution in [0.15, 0.2) is 16.4 Å². The first-order valence-corrected chi connectivity index (χ1v) is 9.73. The van der Waals surface area contributed by atoms with Crippen molar-refractivity contribution in [2.45, 2.75) is 59.7 Å². The monoisotopic (exact) mass is 464 g/mol. The Labute approximate surface area is 168 Å². The second-order valence-electron chi connectivity index (χ2n) is 6.84.